The van der Waals surface area contributed by atoms with Crippen LogP contribution in [0.25, 0.3) is 16.9 Å². The molecule has 2 heterocycles. The van der Waals surface area contributed by atoms with E-state index in [0.717, 1.165) is 11.1 Å². The Hall–Kier alpha value is -2.43. The molecule has 0 atom stereocenters. The Bertz CT molecular complexity index is 785. The van der Waals surface area contributed by atoms with Crippen LogP contribution in [0.4, 0.5) is 0 Å². The maximum atomic E-state index is 12.1. The molecular formula is C13H12N4O. The lowest BCUT2D eigenvalue weighted by Crippen LogP contribution is -2.26. The van der Waals surface area contributed by atoms with E-state index < -0.39 is 0 Å². The lowest BCUT2D eigenvalue weighted by Gasteiger charge is -2.03. The Morgan fingerprint density at radius 2 is 2.06 bits per heavy atom. The molecule has 0 saturated carbocycles. The van der Waals surface area contributed by atoms with E-state index in [1.165, 1.54) is 4.68 Å². The maximum absolute atomic E-state index is 12.1. The van der Waals surface area contributed by atoms with Crippen LogP contribution in [0.5, 0.6) is 0 Å². The van der Waals surface area contributed by atoms with E-state index in [0.29, 0.717) is 11.3 Å². The largest absolute Gasteiger partial charge is 0.350 e. The molecule has 0 saturated heterocycles. The fourth-order valence-electron chi connectivity index (χ4n) is 1.98. The third-order valence-corrected chi connectivity index (χ3v) is 2.90. The van der Waals surface area contributed by atoms with Gasteiger partial charge in [0.2, 0.25) is 0 Å². The predicted molar refractivity (Wildman–Crippen MR) is 68.4 cm³/mol. The molecule has 0 aliphatic heterocycles. The fraction of sp³-hybridized carbons (Fsp3) is 0.154. The van der Waals surface area contributed by atoms with E-state index in [1.807, 2.05) is 31.2 Å². The molecule has 1 aromatic carbocycles. The van der Waals surface area contributed by atoms with E-state index in [-0.39, 0.29) is 5.69 Å². The van der Waals surface area contributed by atoms with Gasteiger partial charge in [-0.1, -0.05) is 23.8 Å². The highest BCUT2D eigenvalue weighted by Gasteiger charge is 2.10. The Balaban J connectivity index is 2.37. The summed E-state index contributed by atoms with van der Waals surface area (Å²) in [4.78, 5) is 16.4. The second-order valence-corrected chi connectivity index (χ2v) is 4.26. The van der Waals surface area contributed by atoms with Crippen molar-refractivity contribution in [3.8, 4) is 11.4 Å². The lowest BCUT2D eigenvalue weighted by molar-refractivity contribution is 0.667. The first-order valence-corrected chi connectivity index (χ1v) is 5.63. The molecule has 3 aromatic rings. The van der Waals surface area contributed by atoms with Crippen molar-refractivity contribution in [3.63, 3.8) is 0 Å². The molecule has 0 fully saturated rings. The highest BCUT2D eigenvalue weighted by molar-refractivity contribution is 5.62. The van der Waals surface area contributed by atoms with Crippen molar-refractivity contribution in [2.45, 2.75) is 6.92 Å². The van der Waals surface area contributed by atoms with E-state index in [4.69, 9.17) is 0 Å². The molecule has 0 unspecified atom stereocenters. The number of hydrogen-bond donors (Lipinski definition) is 0. The Kier molecular flexibility index (Phi) is 2.26. The molecule has 0 radical (unpaired) electrons. The van der Waals surface area contributed by atoms with Crippen LogP contribution in [0.1, 0.15) is 5.56 Å². The van der Waals surface area contributed by atoms with Crippen LogP contribution >= 0.6 is 0 Å². The van der Waals surface area contributed by atoms with Crippen molar-refractivity contribution in [2.75, 3.05) is 0 Å². The van der Waals surface area contributed by atoms with Crippen molar-refractivity contribution in [2.24, 2.45) is 7.05 Å². The smallest absolute Gasteiger partial charge is 0.246 e. The average molecular weight is 240 g/mol. The predicted octanol–water partition coefficient (Wildman–Crippen LogP) is 1.40. The van der Waals surface area contributed by atoms with Crippen LogP contribution < -0.4 is 5.69 Å². The van der Waals surface area contributed by atoms with Crippen molar-refractivity contribution < 1.29 is 0 Å². The van der Waals surface area contributed by atoms with Gasteiger partial charge in [0.25, 0.3) is 0 Å². The van der Waals surface area contributed by atoms with Crippen molar-refractivity contribution in [1.82, 2.24) is 19.2 Å². The molecule has 5 heteroatoms. The molecular weight excluding hydrogens is 228 g/mol. The van der Waals surface area contributed by atoms with Crippen LogP contribution in [-0.2, 0) is 7.05 Å². The number of nitrogens with zero attached hydrogens (tertiary/aromatic N) is 4. The van der Waals surface area contributed by atoms with Crippen LogP contribution in [0, 0.1) is 6.92 Å². The summed E-state index contributed by atoms with van der Waals surface area (Å²) >= 11 is 0. The van der Waals surface area contributed by atoms with E-state index in [9.17, 15) is 4.79 Å². The first kappa shape index (κ1) is 10.7. The molecule has 5 nitrogen and oxygen atoms in total. The molecule has 18 heavy (non-hydrogen) atoms. The zero-order valence-corrected chi connectivity index (χ0v) is 10.2. The first-order valence-electron chi connectivity index (χ1n) is 5.63. The van der Waals surface area contributed by atoms with Gasteiger partial charge in [0, 0.05) is 12.6 Å². The third-order valence-electron chi connectivity index (χ3n) is 2.90. The Morgan fingerprint density at radius 1 is 1.22 bits per heavy atom. The summed E-state index contributed by atoms with van der Waals surface area (Å²) in [7, 11) is 1.63. The molecule has 0 N–H and O–H groups in total. The first-order chi connectivity index (χ1) is 8.66. The minimum atomic E-state index is -0.193. The molecule has 90 valence electrons. The van der Waals surface area contributed by atoms with Crippen LogP contribution in [0.2, 0.25) is 0 Å². The van der Waals surface area contributed by atoms with Gasteiger partial charge in [-0.3, -0.25) is 0 Å². The van der Waals surface area contributed by atoms with Gasteiger partial charge in [-0.05, 0) is 13.0 Å². The molecule has 0 bridgehead atoms. The number of aromatic nitrogens is 4. The van der Waals surface area contributed by atoms with Gasteiger partial charge in [0.05, 0.1) is 17.9 Å². The minimum absolute atomic E-state index is 0.193. The summed E-state index contributed by atoms with van der Waals surface area (Å²) in [5, 5.41) is 3.97. The molecule has 2 aromatic heterocycles. The van der Waals surface area contributed by atoms with Gasteiger partial charge in [-0.25, -0.2) is 18.9 Å². The van der Waals surface area contributed by atoms with Crippen molar-refractivity contribution in [1.29, 1.82) is 0 Å². The maximum Gasteiger partial charge on any atom is 0.350 e. The van der Waals surface area contributed by atoms with Crippen LogP contribution in [0.15, 0.2) is 41.5 Å². The third kappa shape index (κ3) is 1.52. The standard InChI is InChI=1S/C13H12N4O/c1-9-4-3-5-10(6-9)12-14-7-11-8-15-16(2)13(18)17(11)12/h3-8H,1-2H3. The number of fused-ring (bicyclic) bond motifs is 1. The minimum Gasteiger partial charge on any atom is -0.246 e. The quantitative estimate of drug-likeness (QED) is 0.646. The number of imidazole rings is 1. The number of rotatable bonds is 1. The van der Waals surface area contributed by atoms with E-state index in [1.54, 1.807) is 23.8 Å². The van der Waals surface area contributed by atoms with Gasteiger partial charge in [-0.15, -0.1) is 0 Å². The van der Waals surface area contributed by atoms with Gasteiger partial charge < -0.3 is 0 Å². The molecule has 0 amide bonds. The summed E-state index contributed by atoms with van der Waals surface area (Å²) in [5.74, 6) is 0.650. The van der Waals surface area contributed by atoms with Gasteiger partial charge >= 0.3 is 5.69 Å². The van der Waals surface area contributed by atoms with Gasteiger partial charge in [0.1, 0.15) is 5.82 Å². The highest BCUT2D eigenvalue weighted by atomic mass is 16.2. The Labute approximate surface area is 103 Å². The highest BCUT2D eigenvalue weighted by Crippen LogP contribution is 2.18. The number of hydrogen-bond acceptors (Lipinski definition) is 3. The summed E-state index contributed by atoms with van der Waals surface area (Å²) in [6.45, 7) is 2.01. The van der Waals surface area contributed by atoms with E-state index in [2.05, 4.69) is 10.1 Å². The van der Waals surface area contributed by atoms with E-state index >= 15 is 0 Å². The summed E-state index contributed by atoms with van der Waals surface area (Å²) in [5.41, 5.74) is 2.57. The zero-order valence-electron chi connectivity index (χ0n) is 10.2. The van der Waals surface area contributed by atoms with Crippen molar-refractivity contribution >= 4 is 5.52 Å². The topological polar surface area (TPSA) is 52.2 Å². The molecule has 0 aliphatic carbocycles. The summed E-state index contributed by atoms with van der Waals surface area (Å²) < 4.78 is 2.87. The second kappa shape index (κ2) is 3.80. The average Bonchev–Trinajstić information content (AvgIpc) is 2.78. The lowest BCUT2D eigenvalue weighted by atomic mass is 10.1. The summed E-state index contributed by atoms with van der Waals surface area (Å²) in [6, 6.07) is 7.92. The second-order valence-electron chi connectivity index (χ2n) is 4.26. The molecule has 3 rings (SSSR count). The number of aryl methyl sites for hydroxylation is 2. The number of benzene rings is 1. The SMILES string of the molecule is Cc1cccc(-c2ncc3cnn(C)c(=O)n23)c1. The Morgan fingerprint density at radius 3 is 2.83 bits per heavy atom. The monoisotopic (exact) mass is 240 g/mol. The molecule has 0 aliphatic rings. The summed E-state index contributed by atoms with van der Waals surface area (Å²) in [6.07, 6.45) is 3.29. The normalized spacial score (nSPS) is 11.0. The van der Waals surface area contributed by atoms with Crippen LogP contribution in [0.3, 0.4) is 0 Å². The van der Waals surface area contributed by atoms with Crippen molar-refractivity contribution in [3.05, 3.63) is 52.7 Å². The zero-order chi connectivity index (χ0) is 12.7. The van der Waals surface area contributed by atoms with Gasteiger partial charge in [-0.2, -0.15) is 5.10 Å². The van der Waals surface area contributed by atoms with Gasteiger partial charge in [0.15, 0.2) is 0 Å². The molecule has 0 spiro atoms. The fourth-order valence-corrected chi connectivity index (χ4v) is 1.98. The van der Waals surface area contributed by atoms with Crippen LogP contribution in [-0.4, -0.2) is 19.2 Å².